The van der Waals surface area contributed by atoms with Crippen molar-refractivity contribution in [3.05, 3.63) is 50.9 Å². The van der Waals surface area contributed by atoms with Crippen molar-refractivity contribution in [2.24, 2.45) is 5.41 Å². The van der Waals surface area contributed by atoms with Crippen molar-refractivity contribution in [3.63, 3.8) is 0 Å². The Labute approximate surface area is 150 Å². The summed E-state index contributed by atoms with van der Waals surface area (Å²) in [5, 5.41) is 18.6. The summed E-state index contributed by atoms with van der Waals surface area (Å²) in [5.41, 5.74) is 2.25. The van der Waals surface area contributed by atoms with Crippen LogP contribution in [0, 0.1) is 5.41 Å². The van der Waals surface area contributed by atoms with Gasteiger partial charge in [-0.05, 0) is 29.5 Å². The molecule has 2 heterocycles. The number of phenols is 1. The SMILES string of the molecule is COc1cc([C@@H]2C3=C(CC(C)(C)CC3=O)Nc3[nH][nH]c(=O)c32)ccc1O. The molecular formula is C19H21N3O4. The largest absolute Gasteiger partial charge is 0.504 e. The molecule has 1 aromatic heterocycles. The van der Waals surface area contributed by atoms with Crippen LogP contribution in [-0.4, -0.2) is 28.2 Å². The van der Waals surface area contributed by atoms with Gasteiger partial charge in [0.1, 0.15) is 5.82 Å². The van der Waals surface area contributed by atoms with Gasteiger partial charge in [-0.25, -0.2) is 0 Å². The smallest absolute Gasteiger partial charge is 0.270 e. The molecule has 136 valence electrons. The van der Waals surface area contributed by atoms with Crippen molar-refractivity contribution >= 4 is 11.6 Å². The molecule has 0 unspecified atom stereocenters. The van der Waals surface area contributed by atoms with Crippen LogP contribution in [0.2, 0.25) is 0 Å². The minimum Gasteiger partial charge on any atom is -0.504 e. The van der Waals surface area contributed by atoms with Crippen LogP contribution in [0.4, 0.5) is 5.82 Å². The number of hydrogen-bond acceptors (Lipinski definition) is 5. The predicted molar refractivity (Wildman–Crippen MR) is 96.6 cm³/mol. The summed E-state index contributed by atoms with van der Waals surface area (Å²) in [4.78, 5) is 25.4. The van der Waals surface area contributed by atoms with Gasteiger partial charge in [0.2, 0.25) is 0 Å². The van der Waals surface area contributed by atoms with E-state index in [2.05, 4.69) is 29.4 Å². The molecule has 4 rings (SSSR count). The summed E-state index contributed by atoms with van der Waals surface area (Å²) in [7, 11) is 1.47. The molecule has 0 bridgehead atoms. The standard InChI is InChI=1S/C19H21N3O4/c1-19(2)7-10-15(12(24)8-19)14(16-17(20-10)21-22-18(16)25)9-4-5-11(23)13(6-9)26-3/h4-6,14,23H,7-8H2,1-3H3,(H3,20,21,22,25)/t14-/m1/s1. The molecule has 1 aliphatic heterocycles. The van der Waals surface area contributed by atoms with E-state index in [1.807, 2.05) is 0 Å². The summed E-state index contributed by atoms with van der Waals surface area (Å²) in [6, 6.07) is 4.93. The van der Waals surface area contributed by atoms with Gasteiger partial charge < -0.3 is 15.2 Å². The van der Waals surface area contributed by atoms with Gasteiger partial charge in [-0.2, -0.15) is 0 Å². The monoisotopic (exact) mass is 355 g/mol. The van der Waals surface area contributed by atoms with E-state index in [9.17, 15) is 14.7 Å². The Hall–Kier alpha value is -2.96. The fourth-order valence-electron chi connectivity index (χ4n) is 4.03. The number of H-pyrrole nitrogens is 2. The first-order chi connectivity index (χ1) is 12.3. The molecule has 1 aromatic carbocycles. The Bertz CT molecular complexity index is 996. The molecule has 26 heavy (non-hydrogen) atoms. The Balaban J connectivity index is 1.95. The van der Waals surface area contributed by atoms with Gasteiger partial charge in [0.05, 0.1) is 12.7 Å². The number of allylic oxidation sites excluding steroid dienone is 2. The Morgan fingerprint density at radius 3 is 2.69 bits per heavy atom. The first-order valence-corrected chi connectivity index (χ1v) is 8.51. The molecule has 7 nitrogen and oxygen atoms in total. The molecule has 1 aliphatic carbocycles. The van der Waals surface area contributed by atoms with Crippen LogP contribution in [0.5, 0.6) is 11.5 Å². The molecule has 0 amide bonds. The Morgan fingerprint density at radius 1 is 1.19 bits per heavy atom. The summed E-state index contributed by atoms with van der Waals surface area (Å²) >= 11 is 0. The average molecular weight is 355 g/mol. The van der Waals surface area contributed by atoms with E-state index in [-0.39, 0.29) is 22.5 Å². The highest BCUT2D eigenvalue weighted by atomic mass is 16.5. The van der Waals surface area contributed by atoms with Crippen LogP contribution in [0.3, 0.4) is 0 Å². The number of carbonyl (C=O) groups excluding carboxylic acids is 1. The van der Waals surface area contributed by atoms with E-state index in [0.717, 1.165) is 11.3 Å². The maximum absolute atomic E-state index is 13.0. The lowest BCUT2D eigenvalue weighted by atomic mass is 9.69. The predicted octanol–water partition coefficient (Wildman–Crippen LogP) is 2.62. The van der Waals surface area contributed by atoms with E-state index in [0.29, 0.717) is 35.5 Å². The Kier molecular flexibility index (Phi) is 3.50. The maximum atomic E-state index is 13.0. The van der Waals surface area contributed by atoms with Crippen molar-refractivity contribution in [1.82, 2.24) is 10.2 Å². The van der Waals surface area contributed by atoms with E-state index in [1.54, 1.807) is 12.1 Å². The highest BCUT2D eigenvalue weighted by Gasteiger charge is 2.42. The van der Waals surface area contributed by atoms with E-state index < -0.39 is 5.92 Å². The quantitative estimate of drug-likeness (QED) is 0.662. The summed E-state index contributed by atoms with van der Waals surface area (Å²) in [5.74, 6) is 0.427. The second-order valence-corrected chi connectivity index (χ2v) is 7.69. The average Bonchev–Trinajstić information content (AvgIpc) is 2.93. The number of anilines is 1. The number of Topliss-reactive ketones (excluding diaryl/α,β-unsaturated/α-hetero) is 1. The van der Waals surface area contributed by atoms with Gasteiger partial charge in [-0.3, -0.25) is 19.8 Å². The molecule has 4 N–H and O–H groups in total. The fourth-order valence-corrected chi connectivity index (χ4v) is 4.03. The minimum atomic E-state index is -0.505. The van der Waals surface area contributed by atoms with Gasteiger partial charge in [-0.1, -0.05) is 19.9 Å². The number of nitrogens with one attached hydrogen (secondary N) is 3. The highest BCUT2D eigenvalue weighted by molar-refractivity contribution is 6.01. The number of phenolic OH excluding ortho intramolecular Hbond substituents is 1. The third-order valence-electron chi connectivity index (χ3n) is 5.13. The first kappa shape index (κ1) is 16.5. The van der Waals surface area contributed by atoms with Gasteiger partial charge in [0.15, 0.2) is 17.3 Å². The fraction of sp³-hybridized carbons (Fsp3) is 0.368. The number of aromatic nitrogens is 2. The minimum absolute atomic E-state index is 0.0127. The second kappa shape index (κ2) is 5.52. The summed E-state index contributed by atoms with van der Waals surface area (Å²) in [6.07, 6.45) is 1.14. The number of fused-ring (bicyclic) bond motifs is 1. The van der Waals surface area contributed by atoms with E-state index in [1.165, 1.54) is 13.2 Å². The topological polar surface area (TPSA) is 107 Å². The van der Waals surface area contributed by atoms with Crippen molar-refractivity contribution < 1.29 is 14.6 Å². The Morgan fingerprint density at radius 2 is 1.96 bits per heavy atom. The van der Waals surface area contributed by atoms with Crippen molar-refractivity contribution in [3.8, 4) is 11.5 Å². The zero-order chi connectivity index (χ0) is 18.6. The molecule has 0 spiro atoms. The number of hydrogen-bond donors (Lipinski definition) is 4. The lowest BCUT2D eigenvalue weighted by Crippen LogP contribution is -2.35. The third kappa shape index (κ3) is 2.42. The van der Waals surface area contributed by atoms with Crippen LogP contribution in [-0.2, 0) is 4.79 Å². The highest BCUT2D eigenvalue weighted by Crippen LogP contribution is 2.48. The number of rotatable bonds is 2. The zero-order valence-electron chi connectivity index (χ0n) is 14.9. The molecule has 0 radical (unpaired) electrons. The molecule has 7 heteroatoms. The van der Waals surface area contributed by atoms with Crippen molar-refractivity contribution in [2.75, 3.05) is 12.4 Å². The number of ether oxygens (including phenoxy) is 1. The summed E-state index contributed by atoms with van der Waals surface area (Å²) in [6.45, 7) is 4.12. The molecule has 2 aromatic rings. The molecule has 0 fully saturated rings. The number of methoxy groups -OCH3 is 1. The number of ketones is 1. The third-order valence-corrected chi connectivity index (χ3v) is 5.13. The first-order valence-electron chi connectivity index (χ1n) is 8.51. The zero-order valence-corrected chi connectivity index (χ0v) is 14.9. The van der Waals surface area contributed by atoms with Gasteiger partial charge >= 0.3 is 0 Å². The van der Waals surface area contributed by atoms with Gasteiger partial charge in [0.25, 0.3) is 5.56 Å². The lowest BCUT2D eigenvalue weighted by molar-refractivity contribution is -0.118. The van der Waals surface area contributed by atoms with Crippen LogP contribution in [0.25, 0.3) is 0 Å². The maximum Gasteiger partial charge on any atom is 0.270 e. The molecule has 0 saturated heterocycles. The summed E-state index contributed by atoms with van der Waals surface area (Å²) < 4.78 is 5.21. The molecular weight excluding hydrogens is 334 g/mol. The van der Waals surface area contributed by atoms with Crippen LogP contribution in [0.1, 0.15) is 43.7 Å². The van der Waals surface area contributed by atoms with Crippen LogP contribution in [0.15, 0.2) is 34.3 Å². The van der Waals surface area contributed by atoms with E-state index >= 15 is 0 Å². The van der Waals surface area contributed by atoms with Gasteiger partial charge in [0, 0.05) is 23.6 Å². The number of aromatic hydroxyl groups is 1. The second-order valence-electron chi connectivity index (χ2n) is 7.69. The molecule has 0 saturated carbocycles. The molecule has 2 aliphatic rings. The van der Waals surface area contributed by atoms with Gasteiger partial charge in [-0.15, -0.1) is 0 Å². The molecule has 1 atom stereocenters. The van der Waals surface area contributed by atoms with E-state index in [4.69, 9.17) is 4.74 Å². The lowest BCUT2D eigenvalue weighted by Gasteiger charge is -2.37. The van der Waals surface area contributed by atoms with Crippen molar-refractivity contribution in [1.29, 1.82) is 0 Å². The van der Waals surface area contributed by atoms with Crippen molar-refractivity contribution in [2.45, 2.75) is 32.6 Å². The number of aromatic amines is 2. The van der Waals surface area contributed by atoms with Crippen LogP contribution >= 0.6 is 0 Å². The number of benzene rings is 1. The van der Waals surface area contributed by atoms with Crippen LogP contribution < -0.4 is 15.6 Å². The normalized spacial score (nSPS) is 21.0. The number of carbonyl (C=O) groups is 1.